The number of rotatable bonds is 11. The second-order valence-corrected chi connectivity index (χ2v) is 6.54. The first-order valence-electron chi connectivity index (χ1n) is 8.84. The van der Waals surface area contributed by atoms with Crippen LogP contribution in [0.4, 0.5) is 5.69 Å². The van der Waals surface area contributed by atoms with E-state index in [2.05, 4.69) is 12.2 Å². The van der Waals surface area contributed by atoms with Gasteiger partial charge in [-0.15, -0.1) is 0 Å². The molecule has 0 saturated heterocycles. The van der Waals surface area contributed by atoms with Crippen LogP contribution in [0.5, 0.6) is 5.75 Å². The molecule has 1 amide bonds. The summed E-state index contributed by atoms with van der Waals surface area (Å²) >= 11 is 6.22. The van der Waals surface area contributed by atoms with Gasteiger partial charge in [-0.05, 0) is 44.4 Å². The Morgan fingerprint density at radius 2 is 1.88 bits per heavy atom. The van der Waals surface area contributed by atoms with Crippen LogP contribution in [0.2, 0.25) is 5.02 Å². The highest BCUT2D eigenvalue weighted by atomic mass is 35.5. The van der Waals surface area contributed by atoms with E-state index in [-0.39, 0.29) is 5.91 Å². The highest BCUT2D eigenvalue weighted by Crippen LogP contribution is 2.29. The van der Waals surface area contributed by atoms with Crippen LogP contribution in [0.1, 0.15) is 59.8 Å². The van der Waals surface area contributed by atoms with E-state index in [1.54, 1.807) is 18.2 Å². The maximum atomic E-state index is 12.7. The molecule has 1 rings (SSSR count). The fourth-order valence-corrected chi connectivity index (χ4v) is 2.50. The fraction of sp³-hybridized carbons (Fsp3) is 0.632. The van der Waals surface area contributed by atoms with Crippen molar-refractivity contribution in [3.63, 3.8) is 0 Å². The first-order chi connectivity index (χ1) is 11.5. The minimum absolute atomic E-state index is 0.136. The van der Waals surface area contributed by atoms with Gasteiger partial charge in [0.1, 0.15) is 11.4 Å². The molecule has 0 heterocycles. The Kier molecular flexibility index (Phi) is 9.16. The summed E-state index contributed by atoms with van der Waals surface area (Å²) in [5.41, 5.74) is -0.174. The van der Waals surface area contributed by atoms with Crippen molar-refractivity contribution in [3.05, 3.63) is 23.2 Å². The molecular formula is C19H30ClNO3. The van der Waals surface area contributed by atoms with Gasteiger partial charge in [0.25, 0.3) is 5.91 Å². The summed E-state index contributed by atoms with van der Waals surface area (Å²) in [5, 5.41) is 3.41. The number of carbonyl (C=O) groups excluding carboxylic acids is 1. The van der Waals surface area contributed by atoms with Crippen molar-refractivity contribution in [1.29, 1.82) is 0 Å². The Morgan fingerprint density at radius 1 is 1.17 bits per heavy atom. The molecule has 0 bridgehead atoms. The van der Waals surface area contributed by atoms with Gasteiger partial charge in [-0.25, -0.2) is 0 Å². The standard InChI is InChI=1S/C19H30ClNO3/c1-5-8-11-19(4,24-13-7-3)18(22)21-15-9-10-17(16(20)14-15)23-12-6-2/h9-10,14H,5-8,11-13H2,1-4H3,(H,21,22)/t19-/m1/s1. The summed E-state index contributed by atoms with van der Waals surface area (Å²) in [5.74, 6) is 0.496. The topological polar surface area (TPSA) is 47.6 Å². The minimum Gasteiger partial charge on any atom is -0.492 e. The van der Waals surface area contributed by atoms with Crippen LogP contribution < -0.4 is 10.1 Å². The van der Waals surface area contributed by atoms with Gasteiger partial charge in [0.2, 0.25) is 0 Å². The van der Waals surface area contributed by atoms with Crippen molar-refractivity contribution < 1.29 is 14.3 Å². The van der Waals surface area contributed by atoms with Gasteiger partial charge in [0.15, 0.2) is 0 Å². The maximum Gasteiger partial charge on any atom is 0.256 e. The third-order valence-electron chi connectivity index (χ3n) is 3.76. The molecule has 0 aliphatic rings. The average molecular weight is 356 g/mol. The Balaban J connectivity index is 2.80. The molecule has 1 aromatic rings. The number of hydrogen-bond donors (Lipinski definition) is 1. The van der Waals surface area contributed by atoms with E-state index >= 15 is 0 Å². The van der Waals surface area contributed by atoms with E-state index in [0.717, 1.165) is 25.7 Å². The summed E-state index contributed by atoms with van der Waals surface area (Å²) in [4.78, 5) is 12.7. The predicted octanol–water partition coefficient (Wildman–Crippen LogP) is 5.44. The van der Waals surface area contributed by atoms with Crippen LogP contribution >= 0.6 is 11.6 Å². The van der Waals surface area contributed by atoms with Gasteiger partial charge in [0.05, 0.1) is 11.6 Å². The SMILES string of the molecule is CCCC[C@@](C)(OCCC)C(=O)Nc1ccc(OCCC)c(Cl)c1. The zero-order valence-electron chi connectivity index (χ0n) is 15.3. The average Bonchev–Trinajstić information content (AvgIpc) is 2.57. The summed E-state index contributed by atoms with van der Waals surface area (Å²) in [6, 6.07) is 5.29. The highest BCUT2D eigenvalue weighted by Gasteiger charge is 2.33. The first-order valence-corrected chi connectivity index (χ1v) is 9.22. The quantitative estimate of drug-likeness (QED) is 0.574. The van der Waals surface area contributed by atoms with Gasteiger partial charge < -0.3 is 14.8 Å². The molecule has 24 heavy (non-hydrogen) atoms. The third-order valence-corrected chi connectivity index (χ3v) is 4.06. The van der Waals surface area contributed by atoms with Crippen molar-refractivity contribution in [3.8, 4) is 5.75 Å². The van der Waals surface area contributed by atoms with E-state index < -0.39 is 5.60 Å². The molecule has 1 N–H and O–H groups in total. The second kappa shape index (κ2) is 10.6. The lowest BCUT2D eigenvalue weighted by Gasteiger charge is -2.28. The highest BCUT2D eigenvalue weighted by molar-refractivity contribution is 6.32. The number of unbranched alkanes of at least 4 members (excludes halogenated alkanes) is 1. The number of halogens is 1. The molecule has 0 fully saturated rings. The molecular weight excluding hydrogens is 326 g/mol. The van der Waals surface area contributed by atoms with Crippen LogP contribution in [0.25, 0.3) is 0 Å². The number of hydrogen-bond acceptors (Lipinski definition) is 3. The molecule has 5 heteroatoms. The number of anilines is 1. The van der Waals surface area contributed by atoms with Crippen LogP contribution in [-0.4, -0.2) is 24.7 Å². The Bertz CT molecular complexity index is 511. The Hall–Kier alpha value is -1.26. The molecule has 0 aliphatic heterocycles. The molecule has 0 aromatic heterocycles. The van der Waals surface area contributed by atoms with Gasteiger partial charge in [-0.2, -0.15) is 0 Å². The second-order valence-electron chi connectivity index (χ2n) is 6.13. The van der Waals surface area contributed by atoms with E-state index in [1.807, 2.05) is 20.8 Å². The lowest BCUT2D eigenvalue weighted by atomic mass is 9.97. The zero-order valence-corrected chi connectivity index (χ0v) is 16.0. The molecule has 1 atom stereocenters. The number of carbonyl (C=O) groups is 1. The van der Waals surface area contributed by atoms with Gasteiger partial charge in [-0.3, -0.25) is 4.79 Å². The maximum absolute atomic E-state index is 12.7. The zero-order chi connectivity index (χ0) is 18.0. The minimum atomic E-state index is -0.824. The van der Waals surface area contributed by atoms with E-state index in [0.29, 0.717) is 36.1 Å². The van der Waals surface area contributed by atoms with E-state index in [4.69, 9.17) is 21.1 Å². The molecule has 136 valence electrons. The van der Waals surface area contributed by atoms with Crippen molar-refractivity contribution in [2.75, 3.05) is 18.5 Å². The van der Waals surface area contributed by atoms with E-state index in [9.17, 15) is 4.79 Å². The summed E-state index contributed by atoms with van der Waals surface area (Å²) in [7, 11) is 0. The van der Waals surface area contributed by atoms with Crippen molar-refractivity contribution in [1.82, 2.24) is 0 Å². The molecule has 0 aliphatic carbocycles. The Labute approximate surface area is 150 Å². The molecule has 0 unspecified atom stereocenters. The summed E-state index contributed by atoms with van der Waals surface area (Å²) < 4.78 is 11.4. The monoisotopic (exact) mass is 355 g/mol. The van der Waals surface area contributed by atoms with Crippen molar-refractivity contribution in [2.45, 2.75) is 65.4 Å². The normalized spacial score (nSPS) is 13.4. The first kappa shape index (κ1) is 20.8. The lowest BCUT2D eigenvalue weighted by molar-refractivity contribution is -0.140. The van der Waals surface area contributed by atoms with Gasteiger partial charge >= 0.3 is 0 Å². The fourth-order valence-electron chi connectivity index (χ4n) is 2.26. The van der Waals surface area contributed by atoms with Crippen molar-refractivity contribution >= 4 is 23.2 Å². The van der Waals surface area contributed by atoms with E-state index in [1.165, 1.54) is 0 Å². The number of amides is 1. The molecule has 0 radical (unpaired) electrons. The van der Waals surface area contributed by atoms with Crippen LogP contribution in [0.3, 0.4) is 0 Å². The largest absolute Gasteiger partial charge is 0.492 e. The summed E-state index contributed by atoms with van der Waals surface area (Å²) in [6.45, 7) is 9.22. The lowest BCUT2D eigenvalue weighted by Crippen LogP contribution is -2.43. The van der Waals surface area contributed by atoms with Crippen LogP contribution in [0.15, 0.2) is 18.2 Å². The molecule has 0 saturated carbocycles. The van der Waals surface area contributed by atoms with Gasteiger partial charge in [0, 0.05) is 12.3 Å². The number of nitrogens with one attached hydrogen (secondary N) is 1. The molecule has 4 nitrogen and oxygen atoms in total. The molecule has 0 spiro atoms. The predicted molar refractivity (Wildman–Crippen MR) is 100 cm³/mol. The summed E-state index contributed by atoms with van der Waals surface area (Å²) in [6.07, 6.45) is 4.45. The molecule has 1 aromatic carbocycles. The van der Waals surface area contributed by atoms with Gasteiger partial charge in [-0.1, -0.05) is 45.2 Å². The Morgan fingerprint density at radius 3 is 2.46 bits per heavy atom. The number of ether oxygens (including phenoxy) is 2. The van der Waals surface area contributed by atoms with Crippen LogP contribution in [-0.2, 0) is 9.53 Å². The smallest absolute Gasteiger partial charge is 0.256 e. The third kappa shape index (κ3) is 6.33. The van der Waals surface area contributed by atoms with Crippen molar-refractivity contribution in [2.24, 2.45) is 0 Å². The van der Waals surface area contributed by atoms with Crippen LogP contribution in [0, 0.1) is 0 Å². The number of benzene rings is 1.